The van der Waals surface area contributed by atoms with Gasteiger partial charge in [0.25, 0.3) is 0 Å². The molecule has 0 aliphatic heterocycles. The summed E-state index contributed by atoms with van der Waals surface area (Å²) in [7, 11) is 0. The maximum absolute atomic E-state index is 12.3. The van der Waals surface area contributed by atoms with Gasteiger partial charge in [0.05, 0.1) is 11.3 Å². The molecule has 0 saturated heterocycles. The summed E-state index contributed by atoms with van der Waals surface area (Å²) in [5, 5.41) is 15.1. The van der Waals surface area contributed by atoms with Gasteiger partial charge in [0.2, 0.25) is 11.1 Å². The molecule has 1 aliphatic carbocycles. The van der Waals surface area contributed by atoms with E-state index < -0.39 is 0 Å². The number of carbonyl (C=O) groups excluding carboxylic acids is 1. The standard InChI is InChI=1S/C15H19N5OS/c1-3-11-5-4-6-12(9-11)16-14(21)10(2)22-15-17-18-19-20(15)13-7-8-13/h4-6,9-10,13H,3,7-8H2,1-2H3,(H,16,21). The highest BCUT2D eigenvalue weighted by atomic mass is 32.2. The third-order valence-corrected chi connectivity index (χ3v) is 4.66. The van der Waals surface area contributed by atoms with Gasteiger partial charge in [-0.15, -0.1) is 5.10 Å². The molecule has 0 radical (unpaired) electrons. The van der Waals surface area contributed by atoms with E-state index in [-0.39, 0.29) is 11.2 Å². The average molecular weight is 317 g/mol. The monoisotopic (exact) mass is 317 g/mol. The molecule has 22 heavy (non-hydrogen) atoms. The molecule has 3 rings (SSSR count). The molecule has 1 aromatic carbocycles. The van der Waals surface area contributed by atoms with Gasteiger partial charge < -0.3 is 5.32 Å². The first-order chi connectivity index (χ1) is 10.7. The van der Waals surface area contributed by atoms with Crippen LogP contribution in [0.25, 0.3) is 0 Å². The van der Waals surface area contributed by atoms with Crippen LogP contribution in [-0.2, 0) is 11.2 Å². The van der Waals surface area contributed by atoms with Gasteiger partial charge in [0.15, 0.2) is 0 Å². The SMILES string of the molecule is CCc1cccc(NC(=O)C(C)Sc2nnnn2C2CC2)c1. The fourth-order valence-electron chi connectivity index (χ4n) is 2.14. The lowest BCUT2D eigenvalue weighted by atomic mass is 10.1. The minimum Gasteiger partial charge on any atom is -0.325 e. The summed E-state index contributed by atoms with van der Waals surface area (Å²) in [5.74, 6) is -0.0383. The van der Waals surface area contributed by atoms with Gasteiger partial charge in [-0.3, -0.25) is 4.79 Å². The quantitative estimate of drug-likeness (QED) is 0.829. The van der Waals surface area contributed by atoms with Crippen molar-refractivity contribution in [2.45, 2.75) is 49.6 Å². The van der Waals surface area contributed by atoms with Crippen molar-refractivity contribution >= 4 is 23.4 Å². The Morgan fingerprint density at radius 1 is 1.50 bits per heavy atom. The van der Waals surface area contributed by atoms with Crippen LogP contribution in [0.4, 0.5) is 5.69 Å². The van der Waals surface area contributed by atoms with Crippen molar-refractivity contribution in [3.8, 4) is 0 Å². The van der Waals surface area contributed by atoms with Crippen LogP contribution in [0.1, 0.15) is 38.3 Å². The zero-order valence-corrected chi connectivity index (χ0v) is 13.5. The maximum Gasteiger partial charge on any atom is 0.237 e. The van der Waals surface area contributed by atoms with Crippen molar-refractivity contribution in [2.75, 3.05) is 5.32 Å². The highest BCUT2D eigenvalue weighted by Gasteiger charge is 2.29. The van der Waals surface area contributed by atoms with E-state index in [2.05, 4.69) is 33.8 Å². The molecule has 6 nitrogen and oxygen atoms in total. The van der Waals surface area contributed by atoms with Gasteiger partial charge in [-0.25, -0.2) is 4.68 Å². The van der Waals surface area contributed by atoms with Crippen LogP contribution in [-0.4, -0.2) is 31.4 Å². The van der Waals surface area contributed by atoms with Crippen molar-refractivity contribution in [3.05, 3.63) is 29.8 Å². The molecule has 1 unspecified atom stereocenters. The molecule has 116 valence electrons. The van der Waals surface area contributed by atoms with Crippen molar-refractivity contribution in [1.29, 1.82) is 0 Å². The van der Waals surface area contributed by atoms with Crippen molar-refractivity contribution in [3.63, 3.8) is 0 Å². The van der Waals surface area contributed by atoms with E-state index >= 15 is 0 Å². The second kappa shape index (κ2) is 6.48. The number of thioether (sulfide) groups is 1. The summed E-state index contributed by atoms with van der Waals surface area (Å²) in [5.41, 5.74) is 2.04. The first-order valence-electron chi connectivity index (χ1n) is 7.51. The van der Waals surface area contributed by atoms with Crippen LogP contribution in [0.15, 0.2) is 29.4 Å². The van der Waals surface area contributed by atoms with E-state index in [1.165, 1.54) is 17.3 Å². The van der Waals surface area contributed by atoms with E-state index in [0.29, 0.717) is 11.2 Å². The zero-order chi connectivity index (χ0) is 15.5. The molecule has 1 amide bonds. The summed E-state index contributed by atoms with van der Waals surface area (Å²) >= 11 is 1.40. The number of nitrogens with zero attached hydrogens (tertiary/aromatic N) is 4. The van der Waals surface area contributed by atoms with E-state index in [1.54, 1.807) is 0 Å². The lowest BCUT2D eigenvalue weighted by Crippen LogP contribution is -2.23. The van der Waals surface area contributed by atoms with E-state index in [1.807, 2.05) is 29.8 Å². The third kappa shape index (κ3) is 3.47. The summed E-state index contributed by atoms with van der Waals surface area (Å²) in [6.45, 7) is 3.96. The number of hydrogen-bond acceptors (Lipinski definition) is 5. The summed E-state index contributed by atoms with van der Waals surface area (Å²) < 4.78 is 1.83. The molecule has 1 atom stereocenters. The second-order valence-electron chi connectivity index (χ2n) is 5.44. The summed E-state index contributed by atoms with van der Waals surface area (Å²) in [6.07, 6.45) is 3.18. The predicted molar refractivity (Wildman–Crippen MR) is 85.9 cm³/mol. The number of tetrazole rings is 1. The zero-order valence-electron chi connectivity index (χ0n) is 12.7. The Morgan fingerprint density at radius 2 is 2.32 bits per heavy atom. The predicted octanol–water partition coefficient (Wildman–Crippen LogP) is 2.69. The number of hydrogen-bond donors (Lipinski definition) is 1. The van der Waals surface area contributed by atoms with Crippen LogP contribution in [0, 0.1) is 0 Å². The molecular weight excluding hydrogens is 298 g/mol. The lowest BCUT2D eigenvalue weighted by Gasteiger charge is -2.12. The van der Waals surface area contributed by atoms with E-state index in [9.17, 15) is 4.79 Å². The molecule has 0 spiro atoms. The van der Waals surface area contributed by atoms with Crippen molar-refractivity contribution in [2.24, 2.45) is 0 Å². The topological polar surface area (TPSA) is 72.7 Å². The third-order valence-electron chi connectivity index (χ3n) is 3.61. The normalized spacial score (nSPS) is 15.5. The Hall–Kier alpha value is -1.89. The lowest BCUT2D eigenvalue weighted by molar-refractivity contribution is -0.115. The van der Waals surface area contributed by atoms with Crippen LogP contribution < -0.4 is 5.32 Å². The van der Waals surface area contributed by atoms with Crippen LogP contribution in [0.2, 0.25) is 0 Å². The highest BCUT2D eigenvalue weighted by molar-refractivity contribution is 8.00. The minimum atomic E-state index is -0.256. The molecule has 0 bridgehead atoms. The van der Waals surface area contributed by atoms with Crippen molar-refractivity contribution < 1.29 is 4.79 Å². The first kappa shape index (κ1) is 15.0. The van der Waals surface area contributed by atoms with E-state index in [0.717, 1.165) is 24.9 Å². The second-order valence-corrected chi connectivity index (χ2v) is 6.75. The fourth-order valence-corrected chi connectivity index (χ4v) is 3.00. The molecule has 1 saturated carbocycles. The molecule has 1 N–H and O–H groups in total. The van der Waals surface area contributed by atoms with Gasteiger partial charge in [0.1, 0.15) is 0 Å². The molecule has 1 aliphatic rings. The highest BCUT2D eigenvalue weighted by Crippen LogP contribution is 2.37. The Labute approximate surface area is 133 Å². The molecule has 1 aromatic heterocycles. The number of nitrogens with one attached hydrogen (secondary N) is 1. The van der Waals surface area contributed by atoms with Gasteiger partial charge in [-0.2, -0.15) is 0 Å². The molecular formula is C15H19N5OS. The van der Waals surface area contributed by atoms with Gasteiger partial charge in [-0.1, -0.05) is 30.8 Å². The van der Waals surface area contributed by atoms with Crippen LogP contribution in [0.5, 0.6) is 0 Å². The Kier molecular flexibility index (Phi) is 4.42. The maximum atomic E-state index is 12.3. The number of aryl methyl sites for hydroxylation is 1. The number of aromatic nitrogens is 4. The smallest absolute Gasteiger partial charge is 0.237 e. The first-order valence-corrected chi connectivity index (χ1v) is 8.39. The van der Waals surface area contributed by atoms with E-state index in [4.69, 9.17) is 0 Å². The number of anilines is 1. The number of benzene rings is 1. The minimum absolute atomic E-state index is 0.0383. The Balaban J connectivity index is 1.62. The number of amides is 1. The number of rotatable bonds is 6. The van der Waals surface area contributed by atoms with Gasteiger partial charge in [-0.05, 0) is 54.3 Å². The summed E-state index contributed by atoms with van der Waals surface area (Å²) in [6, 6.07) is 8.33. The van der Waals surface area contributed by atoms with Gasteiger partial charge in [0, 0.05) is 5.69 Å². The fraction of sp³-hybridized carbons (Fsp3) is 0.467. The molecule has 1 fully saturated rings. The molecule has 7 heteroatoms. The molecule has 2 aromatic rings. The molecule has 1 heterocycles. The summed E-state index contributed by atoms with van der Waals surface area (Å²) in [4.78, 5) is 12.3. The van der Waals surface area contributed by atoms with Crippen molar-refractivity contribution in [1.82, 2.24) is 20.2 Å². The number of carbonyl (C=O) groups is 1. The van der Waals surface area contributed by atoms with Gasteiger partial charge >= 0.3 is 0 Å². The largest absolute Gasteiger partial charge is 0.325 e. The average Bonchev–Trinajstić information content (AvgIpc) is 3.27. The van der Waals surface area contributed by atoms with Crippen LogP contribution >= 0.6 is 11.8 Å². The Bertz CT molecular complexity index is 667. The van der Waals surface area contributed by atoms with Crippen LogP contribution in [0.3, 0.4) is 0 Å². The Morgan fingerprint density at radius 3 is 3.05 bits per heavy atom.